The Labute approximate surface area is 118 Å². The van der Waals surface area contributed by atoms with E-state index in [1.807, 2.05) is 0 Å². The number of thiazole rings is 1. The second kappa shape index (κ2) is 5.30. The fraction of sp³-hybridized carbons (Fsp3) is 0.154. The minimum Gasteiger partial charge on any atom is -0.478 e. The Morgan fingerprint density at radius 2 is 1.75 bits per heavy atom. The molecule has 6 nitrogen and oxygen atoms in total. The predicted molar refractivity (Wildman–Crippen MR) is 74.4 cm³/mol. The molecule has 0 aliphatic rings. The maximum absolute atomic E-state index is 11.0. The highest BCUT2D eigenvalue weighted by Gasteiger charge is 2.13. The number of carboxylic acid groups (broad SMARTS) is 2. The number of aromatic nitrogens is 1. The van der Waals surface area contributed by atoms with Gasteiger partial charge in [0, 0.05) is 11.3 Å². The summed E-state index contributed by atoms with van der Waals surface area (Å²) < 4.78 is 0. The largest absolute Gasteiger partial charge is 0.478 e. The van der Waals surface area contributed by atoms with Crippen molar-refractivity contribution in [2.45, 2.75) is 13.3 Å². The number of hydrogen-bond acceptors (Lipinski definition) is 5. The fourth-order valence-corrected chi connectivity index (χ4v) is 2.71. The zero-order valence-electron chi connectivity index (χ0n) is 10.6. The van der Waals surface area contributed by atoms with Crippen LogP contribution < -0.4 is 5.73 Å². The first-order chi connectivity index (χ1) is 9.36. The number of hydrogen-bond donors (Lipinski definition) is 3. The van der Waals surface area contributed by atoms with Crippen LogP contribution in [0.15, 0.2) is 18.2 Å². The van der Waals surface area contributed by atoms with Crippen molar-refractivity contribution in [3.8, 4) is 0 Å². The molecule has 1 aromatic heterocycles. The molecule has 2 rings (SSSR count). The van der Waals surface area contributed by atoms with Gasteiger partial charge in [0.25, 0.3) is 0 Å². The Balaban J connectivity index is 2.43. The molecule has 7 heteroatoms. The van der Waals surface area contributed by atoms with Gasteiger partial charge in [-0.1, -0.05) is 0 Å². The third kappa shape index (κ3) is 2.94. The van der Waals surface area contributed by atoms with E-state index in [9.17, 15) is 9.59 Å². The van der Waals surface area contributed by atoms with Gasteiger partial charge in [0.2, 0.25) is 0 Å². The van der Waals surface area contributed by atoms with E-state index in [0.717, 1.165) is 16.6 Å². The first kappa shape index (κ1) is 14.0. The molecule has 0 atom stereocenters. The number of benzene rings is 1. The number of aromatic carboxylic acids is 2. The van der Waals surface area contributed by atoms with Crippen molar-refractivity contribution in [3.05, 3.63) is 45.5 Å². The summed E-state index contributed by atoms with van der Waals surface area (Å²) in [7, 11) is 0. The van der Waals surface area contributed by atoms with Crippen molar-refractivity contribution >= 4 is 28.4 Å². The van der Waals surface area contributed by atoms with E-state index in [-0.39, 0.29) is 11.1 Å². The molecule has 0 aliphatic heterocycles. The summed E-state index contributed by atoms with van der Waals surface area (Å²) >= 11 is 1.31. The highest BCUT2D eigenvalue weighted by atomic mass is 32.1. The van der Waals surface area contributed by atoms with Crippen molar-refractivity contribution in [1.29, 1.82) is 0 Å². The summed E-state index contributed by atoms with van der Waals surface area (Å²) in [6.07, 6.45) is 0.405. The van der Waals surface area contributed by atoms with Crippen LogP contribution in [-0.4, -0.2) is 27.1 Å². The molecule has 1 aromatic carbocycles. The Bertz CT molecular complexity index is 661. The maximum atomic E-state index is 11.0. The lowest BCUT2D eigenvalue weighted by atomic mass is 10.0. The molecule has 0 unspecified atom stereocenters. The number of nitrogens with two attached hydrogens (primary N) is 1. The third-order valence-corrected chi connectivity index (χ3v) is 3.75. The molecule has 2 aromatic rings. The van der Waals surface area contributed by atoms with Crippen LogP contribution in [0.5, 0.6) is 0 Å². The van der Waals surface area contributed by atoms with Crippen LogP contribution in [0, 0.1) is 6.92 Å². The van der Waals surface area contributed by atoms with Crippen LogP contribution in [-0.2, 0) is 6.42 Å². The molecule has 0 amide bonds. The summed E-state index contributed by atoms with van der Waals surface area (Å²) in [5.74, 6) is -2.32. The molecule has 0 fully saturated rings. The van der Waals surface area contributed by atoms with E-state index in [1.165, 1.54) is 23.5 Å². The van der Waals surface area contributed by atoms with Crippen molar-refractivity contribution in [2.24, 2.45) is 0 Å². The van der Waals surface area contributed by atoms with E-state index in [4.69, 9.17) is 15.9 Å². The van der Waals surface area contributed by atoms with Crippen LogP contribution in [0.3, 0.4) is 0 Å². The highest BCUT2D eigenvalue weighted by molar-refractivity contribution is 7.15. The summed E-state index contributed by atoms with van der Waals surface area (Å²) in [6, 6.07) is 4.07. The number of rotatable bonds is 4. The molecule has 20 heavy (non-hydrogen) atoms. The van der Waals surface area contributed by atoms with Crippen molar-refractivity contribution < 1.29 is 19.8 Å². The Hall–Kier alpha value is -2.41. The molecule has 0 saturated carbocycles. The zero-order valence-corrected chi connectivity index (χ0v) is 11.4. The van der Waals surface area contributed by atoms with Crippen LogP contribution in [0.2, 0.25) is 0 Å². The monoisotopic (exact) mass is 292 g/mol. The van der Waals surface area contributed by atoms with Gasteiger partial charge in [-0.25, -0.2) is 14.6 Å². The molecule has 0 saturated heterocycles. The predicted octanol–water partition coefficient (Wildman–Crippen LogP) is 2.02. The fourth-order valence-electron chi connectivity index (χ4n) is 1.84. The van der Waals surface area contributed by atoms with Crippen LogP contribution in [0.25, 0.3) is 0 Å². The van der Waals surface area contributed by atoms with Gasteiger partial charge in [0.15, 0.2) is 5.13 Å². The Kier molecular flexibility index (Phi) is 3.71. The lowest BCUT2D eigenvalue weighted by Crippen LogP contribution is -2.04. The molecular formula is C13H12N2O4S. The van der Waals surface area contributed by atoms with Crippen LogP contribution >= 0.6 is 11.3 Å². The minimum absolute atomic E-state index is 0.0463. The molecule has 0 bridgehead atoms. The first-order valence-corrected chi connectivity index (χ1v) is 6.51. The highest BCUT2D eigenvalue weighted by Crippen LogP contribution is 2.24. The lowest BCUT2D eigenvalue weighted by molar-refractivity contribution is 0.0696. The van der Waals surface area contributed by atoms with E-state index in [1.54, 1.807) is 6.92 Å². The maximum Gasteiger partial charge on any atom is 0.335 e. The Morgan fingerprint density at radius 1 is 1.20 bits per heavy atom. The van der Waals surface area contributed by atoms with Crippen molar-refractivity contribution in [2.75, 3.05) is 5.73 Å². The average molecular weight is 292 g/mol. The normalized spacial score (nSPS) is 10.4. The van der Waals surface area contributed by atoms with E-state index < -0.39 is 11.9 Å². The molecule has 0 spiro atoms. The summed E-state index contributed by atoms with van der Waals surface area (Å²) in [4.78, 5) is 27.0. The van der Waals surface area contributed by atoms with Gasteiger partial charge >= 0.3 is 11.9 Å². The lowest BCUT2D eigenvalue weighted by Gasteiger charge is -2.05. The zero-order chi connectivity index (χ0) is 14.9. The summed E-state index contributed by atoms with van der Waals surface area (Å²) in [5, 5.41) is 18.5. The SMILES string of the molecule is Cc1nc(N)sc1Cc1cc(C(=O)O)cc(C(=O)O)c1. The summed E-state index contributed by atoms with van der Waals surface area (Å²) in [6.45, 7) is 1.81. The molecule has 104 valence electrons. The van der Waals surface area contributed by atoms with E-state index >= 15 is 0 Å². The molecule has 1 heterocycles. The standard InChI is InChI=1S/C13H12N2O4S/c1-6-10(20-13(14)15-6)4-7-2-8(11(16)17)5-9(3-7)12(18)19/h2-3,5H,4H2,1H3,(H2,14,15)(H,16,17)(H,18,19). The molecule has 0 radical (unpaired) electrons. The third-order valence-electron chi connectivity index (χ3n) is 2.76. The quantitative estimate of drug-likeness (QED) is 0.794. The van der Waals surface area contributed by atoms with E-state index in [0.29, 0.717) is 17.1 Å². The van der Waals surface area contributed by atoms with Gasteiger partial charge in [-0.05, 0) is 30.7 Å². The molecular weight excluding hydrogens is 280 g/mol. The van der Waals surface area contributed by atoms with Gasteiger partial charge in [0.1, 0.15) is 0 Å². The number of aryl methyl sites for hydroxylation is 1. The second-order valence-corrected chi connectivity index (χ2v) is 5.38. The van der Waals surface area contributed by atoms with E-state index in [2.05, 4.69) is 4.98 Å². The topological polar surface area (TPSA) is 114 Å². The number of carboxylic acids is 2. The van der Waals surface area contributed by atoms with Gasteiger partial charge in [0.05, 0.1) is 16.8 Å². The van der Waals surface area contributed by atoms with Gasteiger partial charge in [-0.3, -0.25) is 0 Å². The van der Waals surface area contributed by atoms with Gasteiger partial charge in [-0.15, -0.1) is 11.3 Å². The van der Waals surface area contributed by atoms with Gasteiger partial charge < -0.3 is 15.9 Å². The van der Waals surface area contributed by atoms with Crippen molar-refractivity contribution in [3.63, 3.8) is 0 Å². The number of carbonyl (C=O) groups is 2. The van der Waals surface area contributed by atoms with Gasteiger partial charge in [-0.2, -0.15) is 0 Å². The van der Waals surface area contributed by atoms with Crippen LogP contribution in [0.4, 0.5) is 5.13 Å². The average Bonchev–Trinajstić information content (AvgIpc) is 2.67. The van der Waals surface area contributed by atoms with Crippen LogP contribution in [0.1, 0.15) is 36.9 Å². The second-order valence-electron chi connectivity index (χ2n) is 4.27. The molecule has 0 aliphatic carbocycles. The minimum atomic E-state index is -1.16. The first-order valence-electron chi connectivity index (χ1n) is 5.69. The number of anilines is 1. The number of nitrogens with zero attached hydrogens (tertiary/aromatic N) is 1. The molecule has 4 N–H and O–H groups in total. The smallest absolute Gasteiger partial charge is 0.335 e. The Morgan fingerprint density at radius 3 is 2.15 bits per heavy atom. The van der Waals surface area contributed by atoms with Crippen molar-refractivity contribution in [1.82, 2.24) is 4.98 Å². The number of nitrogen functional groups attached to an aromatic ring is 1. The summed E-state index contributed by atoms with van der Waals surface area (Å²) in [5.41, 5.74) is 6.89.